The van der Waals surface area contributed by atoms with Crippen molar-refractivity contribution in [2.24, 2.45) is 0 Å². The summed E-state index contributed by atoms with van der Waals surface area (Å²) < 4.78 is 75.8. The molecule has 1 unspecified atom stereocenters. The highest BCUT2D eigenvalue weighted by atomic mass is 19.4. The molecule has 22 heavy (non-hydrogen) atoms. The first-order valence-electron chi connectivity index (χ1n) is 5.91. The zero-order valence-electron chi connectivity index (χ0n) is 10.8. The Morgan fingerprint density at radius 2 is 1.27 bits per heavy atom. The van der Waals surface area contributed by atoms with Gasteiger partial charge >= 0.3 is 12.4 Å². The molecule has 0 saturated carbocycles. The van der Waals surface area contributed by atoms with E-state index in [-0.39, 0.29) is 20.8 Å². The molecule has 0 saturated heterocycles. The summed E-state index contributed by atoms with van der Waals surface area (Å²) in [5.41, 5.74) is -5.47. The Kier molecular flexibility index (Phi) is 7.69. The van der Waals surface area contributed by atoms with Gasteiger partial charge in [0.15, 0.2) is 0 Å². The van der Waals surface area contributed by atoms with E-state index in [1.807, 2.05) is 6.92 Å². The predicted octanol–water partition coefficient (Wildman–Crippen LogP) is 5.78. The third kappa shape index (κ3) is 3.94. The number of aliphatic hydroxyl groups is 1. The van der Waals surface area contributed by atoms with Crippen molar-refractivity contribution in [3.63, 3.8) is 0 Å². The van der Waals surface area contributed by atoms with Crippen LogP contribution in [0, 0.1) is 0 Å². The molecule has 0 aromatic heterocycles. The van der Waals surface area contributed by atoms with Crippen LogP contribution in [0.1, 0.15) is 52.2 Å². The summed E-state index contributed by atoms with van der Waals surface area (Å²) in [5, 5.41) is 9.19. The van der Waals surface area contributed by atoms with Crippen LogP contribution in [-0.4, -0.2) is 17.5 Å². The molecule has 130 valence electrons. The third-order valence-electron chi connectivity index (χ3n) is 3.33. The van der Waals surface area contributed by atoms with E-state index in [9.17, 15) is 31.4 Å². The summed E-state index contributed by atoms with van der Waals surface area (Å²) in [6, 6.07) is 3.68. The monoisotopic (exact) mass is 332 g/mol. The maximum atomic E-state index is 12.6. The van der Waals surface area contributed by atoms with Crippen molar-refractivity contribution in [1.29, 1.82) is 0 Å². The second kappa shape index (κ2) is 7.35. The number of hydrogen-bond donors (Lipinski definition) is 1. The Morgan fingerprint density at radius 1 is 0.909 bits per heavy atom. The summed E-state index contributed by atoms with van der Waals surface area (Å²) in [6.07, 6.45) is -11.0. The van der Waals surface area contributed by atoms with Gasteiger partial charge in [-0.15, -0.1) is 0 Å². The van der Waals surface area contributed by atoms with Gasteiger partial charge in [0.1, 0.15) is 0 Å². The van der Waals surface area contributed by atoms with Gasteiger partial charge in [-0.3, -0.25) is 0 Å². The van der Waals surface area contributed by atoms with Crippen LogP contribution in [0.3, 0.4) is 0 Å². The highest BCUT2D eigenvalue weighted by Crippen LogP contribution is 2.50. The lowest BCUT2D eigenvalue weighted by molar-refractivity contribution is -0.376. The first kappa shape index (κ1) is 23.0. The molecule has 0 amide bonds. The zero-order valence-corrected chi connectivity index (χ0v) is 10.8. The Hall–Kier alpha value is -1.24. The predicted molar refractivity (Wildman–Crippen MR) is 74.6 cm³/mol. The fraction of sp³-hybridized carbons (Fsp3) is 0.600. The molecule has 0 bridgehead atoms. The maximum Gasteiger partial charge on any atom is 0.430 e. The molecule has 0 aliphatic carbocycles. The minimum atomic E-state index is -5.84. The van der Waals surface area contributed by atoms with Gasteiger partial charge < -0.3 is 5.11 Å². The van der Waals surface area contributed by atoms with Gasteiger partial charge in [0.2, 0.25) is 0 Å². The maximum absolute atomic E-state index is 12.6. The quantitative estimate of drug-likeness (QED) is 0.695. The number of benzene rings is 1. The summed E-state index contributed by atoms with van der Waals surface area (Å²) in [7, 11) is 0. The van der Waals surface area contributed by atoms with Crippen molar-refractivity contribution in [2.75, 3.05) is 0 Å². The Balaban J connectivity index is 0. The van der Waals surface area contributed by atoms with Crippen LogP contribution in [0.4, 0.5) is 26.3 Å². The van der Waals surface area contributed by atoms with Crippen molar-refractivity contribution in [1.82, 2.24) is 0 Å². The van der Waals surface area contributed by atoms with E-state index in [0.717, 1.165) is 0 Å². The minimum Gasteiger partial charge on any atom is -0.369 e. The van der Waals surface area contributed by atoms with E-state index in [2.05, 4.69) is 0 Å². The van der Waals surface area contributed by atoms with Crippen molar-refractivity contribution >= 4 is 0 Å². The lowest BCUT2D eigenvalue weighted by Gasteiger charge is -2.32. The molecule has 0 spiro atoms. The summed E-state index contributed by atoms with van der Waals surface area (Å²) in [4.78, 5) is 0. The smallest absolute Gasteiger partial charge is 0.369 e. The normalized spacial score (nSPS) is 13.9. The van der Waals surface area contributed by atoms with Crippen LogP contribution in [0.25, 0.3) is 0 Å². The van der Waals surface area contributed by atoms with Crippen LogP contribution in [0.15, 0.2) is 24.3 Å². The lowest BCUT2D eigenvalue weighted by Crippen LogP contribution is -2.53. The van der Waals surface area contributed by atoms with E-state index in [0.29, 0.717) is 24.1 Å². The van der Waals surface area contributed by atoms with Gasteiger partial charge in [0.05, 0.1) is 0 Å². The molecule has 1 N–H and O–H groups in total. The van der Waals surface area contributed by atoms with Gasteiger partial charge in [0.25, 0.3) is 5.60 Å². The second-order valence-corrected chi connectivity index (χ2v) is 4.64. The van der Waals surface area contributed by atoms with E-state index in [1.54, 1.807) is 6.92 Å². The molecule has 0 radical (unpaired) electrons. The molecule has 0 aliphatic rings. The van der Waals surface area contributed by atoms with Crippen molar-refractivity contribution in [3.8, 4) is 0 Å². The summed E-state index contributed by atoms with van der Waals surface area (Å²) in [5.74, 6) is 0.00826. The second-order valence-electron chi connectivity index (χ2n) is 4.64. The highest BCUT2D eigenvalue weighted by molar-refractivity contribution is 5.31. The molecular weight excluding hydrogens is 310 g/mol. The van der Waals surface area contributed by atoms with Crippen molar-refractivity contribution in [2.45, 2.75) is 59.0 Å². The fourth-order valence-electron chi connectivity index (χ4n) is 1.78. The largest absolute Gasteiger partial charge is 0.430 e. The first-order valence-corrected chi connectivity index (χ1v) is 5.91. The molecule has 1 aromatic carbocycles. The average Bonchev–Trinajstić information content (AvgIpc) is 2.34. The van der Waals surface area contributed by atoms with Gasteiger partial charge in [-0.2, -0.15) is 26.3 Å². The average molecular weight is 332 g/mol. The Bertz CT molecular complexity index is 433. The molecule has 0 aliphatic heterocycles. The number of hydrogen-bond acceptors (Lipinski definition) is 1. The SMILES string of the molecule is C.C.CCC(C)c1ccc(C(O)(C(F)(F)F)C(F)(F)F)cc1. The van der Waals surface area contributed by atoms with Crippen molar-refractivity contribution in [3.05, 3.63) is 35.4 Å². The molecule has 1 aromatic rings. The summed E-state index contributed by atoms with van der Waals surface area (Å²) >= 11 is 0. The number of rotatable bonds is 3. The van der Waals surface area contributed by atoms with Crippen molar-refractivity contribution < 1.29 is 31.4 Å². The van der Waals surface area contributed by atoms with E-state index < -0.39 is 23.5 Å². The molecule has 1 nitrogen and oxygen atoms in total. The van der Waals surface area contributed by atoms with Crippen LogP contribution in [0.5, 0.6) is 0 Å². The van der Waals surface area contributed by atoms with E-state index in [4.69, 9.17) is 0 Å². The Labute approximate surface area is 127 Å². The van der Waals surface area contributed by atoms with Crippen LogP contribution < -0.4 is 0 Å². The van der Waals surface area contributed by atoms with Gasteiger partial charge in [-0.1, -0.05) is 53.0 Å². The molecule has 7 heteroatoms. The minimum absolute atomic E-state index is 0. The van der Waals surface area contributed by atoms with Crippen LogP contribution in [0.2, 0.25) is 0 Å². The lowest BCUT2D eigenvalue weighted by atomic mass is 9.89. The molecule has 0 fully saturated rings. The highest BCUT2D eigenvalue weighted by Gasteiger charge is 2.71. The molecular formula is C15H22F6O. The van der Waals surface area contributed by atoms with Gasteiger partial charge in [-0.05, 0) is 17.9 Å². The first-order chi connectivity index (χ1) is 8.95. The van der Waals surface area contributed by atoms with Gasteiger partial charge in [-0.25, -0.2) is 0 Å². The summed E-state index contributed by atoms with van der Waals surface area (Å²) in [6.45, 7) is 3.65. The molecule has 1 atom stereocenters. The number of halogens is 6. The number of alkyl halides is 6. The van der Waals surface area contributed by atoms with Gasteiger partial charge in [0, 0.05) is 5.56 Å². The van der Waals surface area contributed by atoms with Crippen LogP contribution >= 0.6 is 0 Å². The molecule has 1 rings (SSSR count). The topological polar surface area (TPSA) is 20.2 Å². The van der Waals surface area contributed by atoms with Crippen LogP contribution in [-0.2, 0) is 5.60 Å². The van der Waals surface area contributed by atoms with E-state index >= 15 is 0 Å². The zero-order chi connectivity index (χ0) is 15.8. The third-order valence-corrected chi connectivity index (χ3v) is 3.33. The fourth-order valence-corrected chi connectivity index (χ4v) is 1.78. The molecule has 0 heterocycles. The Morgan fingerprint density at radius 3 is 1.55 bits per heavy atom. The standard InChI is InChI=1S/C13H14F6O.2CH4/c1-3-8(2)9-4-6-10(7-5-9)11(20,12(14,15)16)13(17,18)19;;/h4-8,20H,3H2,1-2H3;2*1H4. The van der Waals surface area contributed by atoms with E-state index in [1.165, 1.54) is 12.1 Å².